The van der Waals surface area contributed by atoms with Crippen molar-refractivity contribution in [2.45, 2.75) is 0 Å². The minimum absolute atomic E-state index is 1.11. The standard InChI is InChI=1S/C52H33NS2/c1-2-16-40-34(12-1)13-10-20-41(40)35-26-29-38(30-27-35)53(39-15-9-14-36(32-39)43-21-11-25-51-52(43)45-19-5-8-24-49(45)55-51)47-22-6-3-17-42(47)37-28-31-50-46(33-37)44-18-4-7-23-48(44)54-50/h1-33H. The van der Waals surface area contributed by atoms with Crippen molar-refractivity contribution in [3.8, 4) is 33.4 Å². The van der Waals surface area contributed by atoms with Crippen molar-refractivity contribution in [1.82, 2.24) is 0 Å². The van der Waals surface area contributed by atoms with Gasteiger partial charge in [0.15, 0.2) is 0 Å². The summed E-state index contributed by atoms with van der Waals surface area (Å²) in [6.45, 7) is 0. The van der Waals surface area contributed by atoms with Crippen molar-refractivity contribution in [3.63, 3.8) is 0 Å². The van der Waals surface area contributed by atoms with Crippen molar-refractivity contribution in [2.75, 3.05) is 4.90 Å². The number of para-hydroxylation sites is 1. The van der Waals surface area contributed by atoms with E-state index in [1.807, 2.05) is 22.7 Å². The first kappa shape index (κ1) is 32.0. The molecule has 0 saturated heterocycles. The van der Waals surface area contributed by atoms with Crippen molar-refractivity contribution >= 4 is 90.9 Å². The van der Waals surface area contributed by atoms with Crippen LogP contribution in [0.2, 0.25) is 0 Å². The molecule has 11 rings (SSSR count). The van der Waals surface area contributed by atoms with Gasteiger partial charge in [0.1, 0.15) is 0 Å². The van der Waals surface area contributed by atoms with E-state index in [9.17, 15) is 0 Å². The average Bonchev–Trinajstić information content (AvgIpc) is 3.82. The minimum Gasteiger partial charge on any atom is -0.310 e. The fraction of sp³-hybridized carbons (Fsp3) is 0. The molecule has 0 spiro atoms. The lowest BCUT2D eigenvalue weighted by molar-refractivity contribution is 1.28. The van der Waals surface area contributed by atoms with Crippen LogP contribution in [0.5, 0.6) is 0 Å². The Morgan fingerprint density at radius 3 is 1.78 bits per heavy atom. The van der Waals surface area contributed by atoms with Crippen molar-refractivity contribution in [1.29, 1.82) is 0 Å². The Morgan fingerprint density at radius 2 is 0.891 bits per heavy atom. The van der Waals surface area contributed by atoms with Gasteiger partial charge in [-0.3, -0.25) is 0 Å². The molecule has 0 saturated carbocycles. The molecule has 0 aliphatic heterocycles. The molecular weight excluding hydrogens is 703 g/mol. The zero-order valence-corrected chi connectivity index (χ0v) is 31.4. The molecule has 3 heteroatoms. The maximum atomic E-state index is 2.44. The van der Waals surface area contributed by atoms with Gasteiger partial charge in [0.25, 0.3) is 0 Å². The zero-order valence-electron chi connectivity index (χ0n) is 29.8. The second-order valence-corrected chi connectivity index (χ2v) is 16.2. The van der Waals surface area contributed by atoms with Gasteiger partial charge in [-0.05, 0) is 99.3 Å². The lowest BCUT2D eigenvalue weighted by Gasteiger charge is -2.28. The Labute approximate surface area is 327 Å². The second kappa shape index (κ2) is 13.1. The van der Waals surface area contributed by atoms with Gasteiger partial charge in [0.2, 0.25) is 0 Å². The van der Waals surface area contributed by atoms with Crippen LogP contribution in [0.3, 0.4) is 0 Å². The van der Waals surface area contributed by atoms with Gasteiger partial charge in [-0.15, -0.1) is 22.7 Å². The molecule has 2 heterocycles. The molecule has 0 fully saturated rings. The van der Waals surface area contributed by atoms with Gasteiger partial charge in [-0.2, -0.15) is 0 Å². The molecule has 2 aromatic heterocycles. The van der Waals surface area contributed by atoms with Gasteiger partial charge in [-0.1, -0.05) is 140 Å². The van der Waals surface area contributed by atoms with E-state index in [0.29, 0.717) is 0 Å². The maximum absolute atomic E-state index is 2.44. The molecule has 0 atom stereocenters. The van der Waals surface area contributed by atoms with E-state index in [2.05, 4.69) is 205 Å². The lowest BCUT2D eigenvalue weighted by atomic mass is 9.96. The fourth-order valence-corrected chi connectivity index (χ4v) is 10.5. The van der Waals surface area contributed by atoms with E-state index in [4.69, 9.17) is 0 Å². The van der Waals surface area contributed by atoms with Crippen LogP contribution < -0.4 is 4.90 Å². The summed E-state index contributed by atoms with van der Waals surface area (Å²) < 4.78 is 5.26. The Balaban J connectivity index is 1.10. The summed E-state index contributed by atoms with van der Waals surface area (Å²) in [6, 6.07) is 73.5. The highest BCUT2D eigenvalue weighted by Crippen LogP contribution is 2.46. The topological polar surface area (TPSA) is 3.24 Å². The number of thiophene rings is 2. The van der Waals surface area contributed by atoms with E-state index in [0.717, 1.165) is 17.1 Å². The zero-order chi connectivity index (χ0) is 36.3. The third kappa shape index (κ3) is 5.43. The molecule has 11 aromatic rings. The highest BCUT2D eigenvalue weighted by Gasteiger charge is 2.20. The maximum Gasteiger partial charge on any atom is 0.0540 e. The molecule has 9 aromatic carbocycles. The van der Waals surface area contributed by atoms with E-state index in [1.165, 1.54) is 84.5 Å². The first-order valence-electron chi connectivity index (χ1n) is 18.7. The SMILES string of the molecule is c1cc(-c2cccc3sc4ccccc4c23)cc(N(c2ccc(-c3cccc4ccccc34)cc2)c2ccccc2-c2ccc3sc4ccccc4c3c2)c1. The van der Waals surface area contributed by atoms with Crippen LogP contribution in [-0.2, 0) is 0 Å². The Morgan fingerprint density at radius 1 is 0.309 bits per heavy atom. The summed E-state index contributed by atoms with van der Waals surface area (Å²) in [5.74, 6) is 0. The molecule has 0 bridgehead atoms. The van der Waals surface area contributed by atoms with Crippen LogP contribution in [0.15, 0.2) is 200 Å². The predicted molar refractivity (Wildman–Crippen MR) is 241 cm³/mol. The first-order valence-corrected chi connectivity index (χ1v) is 20.3. The summed E-state index contributed by atoms with van der Waals surface area (Å²) >= 11 is 3.73. The molecular formula is C52H33NS2. The highest BCUT2D eigenvalue weighted by atomic mass is 32.1. The minimum atomic E-state index is 1.11. The number of hydrogen-bond acceptors (Lipinski definition) is 3. The predicted octanol–water partition coefficient (Wildman–Crippen LogP) is 16.0. The third-order valence-corrected chi connectivity index (χ3v) is 13.2. The lowest BCUT2D eigenvalue weighted by Crippen LogP contribution is -2.11. The summed E-state index contributed by atoms with van der Waals surface area (Å²) in [4.78, 5) is 2.44. The number of anilines is 3. The summed E-state index contributed by atoms with van der Waals surface area (Å²) in [7, 11) is 0. The van der Waals surface area contributed by atoms with E-state index < -0.39 is 0 Å². The molecule has 0 N–H and O–H groups in total. The molecule has 1 nitrogen and oxygen atoms in total. The number of fused-ring (bicyclic) bond motifs is 7. The summed E-state index contributed by atoms with van der Waals surface area (Å²) in [5, 5.41) is 7.76. The highest BCUT2D eigenvalue weighted by molar-refractivity contribution is 7.26. The van der Waals surface area contributed by atoms with Gasteiger partial charge in [0, 0.05) is 57.3 Å². The van der Waals surface area contributed by atoms with E-state index >= 15 is 0 Å². The molecule has 0 radical (unpaired) electrons. The van der Waals surface area contributed by atoms with Crippen LogP contribution in [0, 0.1) is 0 Å². The van der Waals surface area contributed by atoms with Gasteiger partial charge < -0.3 is 4.90 Å². The monoisotopic (exact) mass is 735 g/mol. The number of rotatable bonds is 6. The third-order valence-electron chi connectivity index (χ3n) is 10.9. The molecule has 0 aliphatic rings. The number of benzene rings is 9. The molecule has 0 aliphatic carbocycles. The normalized spacial score (nSPS) is 11.6. The van der Waals surface area contributed by atoms with E-state index in [1.54, 1.807) is 0 Å². The van der Waals surface area contributed by atoms with Crippen molar-refractivity contribution in [3.05, 3.63) is 200 Å². The van der Waals surface area contributed by atoms with Crippen LogP contribution in [0.1, 0.15) is 0 Å². The van der Waals surface area contributed by atoms with Crippen LogP contribution in [0.25, 0.3) is 84.5 Å². The molecule has 0 amide bonds. The van der Waals surface area contributed by atoms with Crippen LogP contribution >= 0.6 is 22.7 Å². The van der Waals surface area contributed by atoms with E-state index in [-0.39, 0.29) is 0 Å². The molecule has 0 unspecified atom stereocenters. The largest absolute Gasteiger partial charge is 0.310 e. The Bertz CT molecular complexity index is 3220. The average molecular weight is 736 g/mol. The second-order valence-electron chi connectivity index (χ2n) is 14.1. The smallest absolute Gasteiger partial charge is 0.0540 e. The van der Waals surface area contributed by atoms with Crippen LogP contribution in [0.4, 0.5) is 17.1 Å². The number of hydrogen-bond donors (Lipinski definition) is 0. The quantitative estimate of drug-likeness (QED) is 0.164. The molecule has 258 valence electrons. The summed E-state index contributed by atoms with van der Waals surface area (Å²) in [6.07, 6.45) is 0. The Hall–Kier alpha value is -6.52. The fourth-order valence-electron chi connectivity index (χ4n) is 8.33. The van der Waals surface area contributed by atoms with Crippen LogP contribution in [-0.4, -0.2) is 0 Å². The van der Waals surface area contributed by atoms with Gasteiger partial charge >= 0.3 is 0 Å². The van der Waals surface area contributed by atoms with Crippen molar-refractivity contribution in [2.24, 2.45) is 0 Å². The Kier molecular flexibility index (Phi) is 7.61. The molecule has 55 heavy (non-hydrogen) atoms. The first-order chi connectivity index (χ1) is 27.3. The summed E-state index contributed by atoms with van der Waals surface area (Å²) in [5.41, 5.74) is 10.6. The van der Waals surface area contributed by atoms with Gasteiger partial charge in [-0.25, -0.2) is 0 Å². The van der Waals surface area contributed by atoms with Crippen molar-refractivity contribution < 1.29 is 0 Å². The van der Waals surface area contributed by atoms with Gasteiger partial charge in [0.05, 0.1) is 5.69 Å². The number of nitrogens with zero attached hydrogens (tertiary/aromatic N) is 1.